The van der Waals surface area contributed by atoms with E-state index in [1.54, 1.807) is 0 Å². The first-order chi connectivity index (χ1) is 8.90. The number of nitro groups is 1. The molecule has 10 heteroatoms. The van der Waals surface area contributed by atoms with Crippen LogP contribution in [0.1, 0.15) is 5.56 Å². The van der Waals surface area contributed by atoms with Crippen molar-refractivity contribution in [2.45, 2.75) is 11.8 Å². The molecule has 8 nitrogen and oxygen atoms in total. The number of hydrogen-bond acceptors (Lipinski definition) is 7. The van der Waals surface area contributed by atoms with E-state index in [9.17, 15) is 18.5 Å². The third-order valence-electron chi connectivity index (χ3n) is 2.26. The van der Waals surface area contributed by atoms with Gasteiger partial charge in [-0.2, -0.15) is 0 Å². The fourth-order valence-electron chi connectivity index (χ4n) is 1.39. The van der Waals surface area contributed by atoms with Crippen molar-refractivity contribution in [2.24, 2.45) is 0 Å². The minimum Gasteiger partial charge on any atom is -0.258 e. The van der Waals surface area contributed by atoms with Crippen molar-refractivity contribution in [3.63, 3.8) is 0 Å². The predicted molar refractivity (Wildman–Crippen MR) is 68.6 cm³/mol. The van der Waals surface area contributed by atoms with Crippen LogP contribution < -0.4 is 4.72 Å². The number of hydrogen-bond donors (Lipinski definition) is 1. The van der Waals surface area contributed by atoms with Crippen LogP contribution in [0.25, 0.3) is 0 Å². The molecule has 2 aromatic rings. The quantitative estimate of drug-likeness (QED) is 0.676. The van der Waals surface area contributed by atoms with Gasteiger partial charge in [0.1, 0.15) is 5.51 Å². The zero-order valence-electron chi connectivity index (χ0n) is 9.60. The summed E-state index contributed by atoms with van der Waals surface area (Å²) in [5.41, 5.74) is 1.53. The van der Waals surface area contributed by atoms with E-state index >= 15 is 0 Å². The summed E-state index contributed by atoms with van der Waals surface area (Å²) < 4.78 is 26.2. The molecule has 1 heterocycles. The largest absolute Gasteiger partial charge is 0.272 e. The van der Waals surface area contributed by atoms with Gasteiger partial charge in [-0.1, -0.05) is 11.3 Å². The Bertz CT molecular complexity index is 712. The van der Waals surface area contributed by atoms with Crippen molar-refractivity contribution in [1.29, 1.82) is 0 Å². The van der Waals surface area contributed by atoms with Gasteiger partial charge in [0.25, 0.3) is 15.7 Å². The Morgan fingerprint density at radius 1 is 1.42 bits per heavy atom. The van der Waals surface area contributed by atoms with Crippen LogP contribution in [0.5, 0.6) is 0 Å². The highest BCUT2D eigenvalue weighted by Crippen LogP contribution is 2.23. The first kappa shape index (κ1) is 13.4. The number of anilines is 1. The van der Waals surface area contributed by atoms with E-state index < -0.39 is 14.9 Å². The summed E-state index contributed by atoms with van der Waals surface area (Å²) in [6.07, 6.45) is 0. The fraction of sp³-hybridized carbons (Fsp3) is 0.111. The van der Waals surface area contributed by atoms with E-state index in [0.29, 0.717) is 0 Å². The van der Waals surface area contributed by atoms with Gasteiger partial charge in [-0.3, -0.25) is 14.8 Å². The predicted octanol–water partition coefficient (Wildman–Crippen LogP) is 1.56. The molecule has 0 saturated heterocycles. The van der Waals surface area contributed by atoms with E-state index in [1.165, 1.54) is 24.6 Å². The van der Waals surface area contributed by atoms with Crippen LogP contribution in [0.4, 0.5) is 10.8 Å². The Balaban J connectivity index is 2.36. The molecule has 0 atom stereocenters. The highest BCUT2D eigenvalue weighted by Gasteiger charge is 2.19. The fourth-order valence-corrected chi connectivity index (χ4v) is 3.17. The molecule has 0 aliphatic rings. The normalized spacial score (nSPS) is 11.2. The summed E-state index contributed by atoms with van der Waals surface area (Å²) in [4.78, 5) is 10.0. The summed E-state index contributed by atoms with van der Waals surface area (Å²) in [6.45, 7) is 1.47. The molecule has 0 unspecified atom stereocenters. The standard InChI is InChI=1S/C9H8N4O4S2/c1-6-4-7(2-3-8(6)13(14)15)19(16,17)12-9-11-10-5-18-9/h2-5H,1H3,(H,11,12). The monoisotopic (exact) mass is 300 g/mol. The van der Waals surface area contributed by atoms with E-state index in [2.05, 4.69) is 14.9 Å². The second-order valence-corrected chi connectivity index (χ2v) is 6.07. The lowest BCUT2D eigenvalue weighted by Gasteiger charge is -2.05. The van der Waals surface area contributed by atoms with Gasteiger partial charge in [0.2, 0.25) is 5.13 Å². The van der Waals surface area contributed by atoms with Crippen LogP contribution in [0.15, 0.2) is 28.6 Å². The average Bonchev–Trinajstić information content (AvgIpc) is 2.80. The molecule has 0 fully saturated rings. The second kappa shape index (κ2) is 4.90. The van der Waals surface area contributed by atoms with Gasteiger partial charge in [-0.15, -0.1) is 10.2 Å². The molecule has 0 amide bonds. The Kier molecular flexibility index (Phi) is 3.44. The number of rotatable bonds is 4. The Labute approximate surface area is 112 Å². The van der Waals surface area contributed by atoms with Crippen LogP contribution in [0.3, 0.4) is 0 Å². The summed E-state index contributed by atoms with van der Waals surface area (Å²) >= 11 is 1.04. The Hall–Kier alpha value is -2.07. The highest BCUT2D eigenvalue weighted by molar-refractivity contribution is 7.93. The van der Waals surface area contributed by atoms with Crippen molar-refractivity contribution in [2.75, 3.05) is 4.72 Å². The highest BCUT2D eigenvalue weighted by atomic mass is 32.2. The van der Waals surface area contributed by atoms with Crippen LogP contribution >= 0.6 is 11.3 Å². The molecule has 0 radical (unpaired) electrons. The van der Waals surface area contributed by atoms with Crippen molar-refractivity contribution < 1.29 is 13.3 Å². The molecule has 0 spiro atoms. The molecule has 1 aromatic heterocycles. The van der Waals surface area contributed by atoms with Gasteiger partial charge in [0.05, 0.1) is 9.82 Å². The van der Waals surface area contributed by atoms with Gasteiger partial charge < -0.3 is 0 Å². The zero-order chi connectivity index (χ0) is 14.0. The second-order valence-electron chi connectivity index (χ2n) is 3.55. The SMILES string of the molecule is Cc1cc(S(=O)(=O)Nc2nncs2)ccc1[N+](=O)[O-]. The summed E-state index contributed by atoms with van der Waals surface area (Å²) in [5, 5.41) is 17.9. The molecule has 100 valence electrons. The Morgan fingerprint density at radius 3 is 2.68 bits per heavy atom. The smallest absolute Gasteiger partial charge is 0.258 e. The summed E-state index contributed by atoms with van der Waals surface area (Å²) in [6, 6.07) is 3.57. The van der Waals surface area contributed by atoms with Gasteiger partial charge in [0, 0.05) is 11.6 Å². The average molecular weight is 300 g/mol. The Morgan fingerprint density at radius 2 is 2.16 bits per heavy atom. The first-order valence-corrected chi connectivity index (χ1v) is 7.30. The number of nitrogens with one attached hydrogen (secondary N) is 1. The number of aryl methyl sites for hydroxylation is 1. The zero-order valence-corrected chi connectivity index (χ0v) is 11.2. The van der Waals surface area contributed by atoms with Gasteiger partial charge in [-0.25, -0.2) is 8.42 Å². The minimum absolute atomic E-state index is 0.0641. The molecule has 0 aliphatic carbocycles. The maximum Gasteiger partial charge on any atom is 0.272 e. The molecule has 19 heavy (non-hydrogen) atoms. The van der Waals surface area contributed by atoms with Crippen molar-refractivity contribution >= 4 is 32.2 Å². The molecule has 0 bridgehead atoms. The van der Waals surface area contributed by atoms with Gasteiger partial charge >= 0.3 is 0 Å². The maximum atomic E-state index is 12.0. The van der Waals surface area contributed by atoms with Crippen molar-refractivity contribution in [1.82, 2.24) is 10.2 Å². The van der Waals surface area contributed by atoms with E-state index in [0.717, 1.165) is 17.4 Å². The van der Waals surface area contributed by atoms with E-state index in [1.807, 2.05) is 0 Å². The number of sulfonamides is 1. The lowest BCUT2D eigenvalue weighted by atomic mass is 10.2. The number of benzene rings is 1. The van der Waals surface area contributed by atoms with Crippen LogP contribution in [-0.4, -0.2) is 23.5 Å². The molecule has 2 rings (SSSR count). The molecule has 1 N–H and O–H groups in total. The van der Waals surface area contributed by atoms with E-state index in [-0.39, 0.29) is 21.3 Å². The van der Waals surface area contributed by atoms with E-state index in [4.69, 9.17) is 0 Å². The van der Waals surface area contributed by atoms with Crippen LogP contribution in [-0.2, 0) is 10.0 Å². The maximum absolute atomic E-state index is 12.0. The van der Waals surface area contributed by atoms with Crippen LogP contribution in [0.2, 0.25) is 0 Å². The summed E-state index contributed by atoms with van der Waals surface area (Å²) in [7, 11) is -3.81. The molecular formula is C9H8N4O4S2. The summed E-state index contributed by atoms with van der Waals surface area (Å²) in [5.74, 6) is 0. The molecule has 0 aliphatic heterocycles. The third kappa shape index (κ3) is 2.85. The van der Waals surface area contributed by atoms with Gasteiger partial charge in [-0.05, 0) is 19.1 Å². The van der Waals surface area contributed by atoms with Gasteiger partial charge in [0.15, 0.2) is 0 Å². The number of nitro benzene ring substituents is 1. The van der Waals surface area contributed by atoms with Crippen molar-refractivity contribution in [3.05, 3.63) is 39.4 Å². The topological polar surface area (TPSA) is 115 Å². The lowest BCUT2D eigenvalue weighted by molar-refractivity contribution is -0.385. The number of aromatic nitrogens is 2. The minimum atomic E-state index is -3.81. The molecular weight excluding hydrogens is 292 g/mol. The molecule has 1 aromatic carbocycles. The third-order valence-corrected chi connectivity index (χ3v) is 4.33. The lowest BCUT2D eigenvalue weighted by Crippen LogP contribution is -2.13. The first-order valence-electron chi connectivity index (χ1n) is 4.94. The molecule has 0 saturated carbocycles. The van der Waals surface area contributed by atoms with Crippen molar-refractivity contribution in [3.8, 4) is 0 Å². The number of nitrogens with zero attached hydrogens (tertiary/aromatic N) is 3. The van der Waals surface area contributed by atoms with Crippen LogP contribution in [0, 0.1) is 17.0 Å².